The van der Waals surface area contributed by atoms with Gasteiger partial charge in [-0.1, -0.05) is 109 Å². The third kappa shape index (κ3) is 4.85. The maximum atomic E-state index is 14.4. The Morgan fingerprint density at radius 1 is 0.467 bits per heavy atom. The van der Waals surface area contributed by atoms with Gasteiger partial charge < -0.3 is 4.57 Å². The fraction of sp³-hybridized carbons (Fsp3) is 0.0250. The van der Waals surface area contributed by atoms with Crippen molar-refractivity contribution in [2.75, 3.05) is 0 Å². The van der Waals surface area contributed by atoms with Crippen molar-refractivity contribution in [2.45, 2.75) is 6.92 Å². The van der Waals surface area contributed by atoms with Crippen LogP contribution in [0.4, 0.5) is 4.39 Å². The van der Waals surface area contributed by atoms with Crippen molar-refractivity contribution in [3.05, 3.63) is 157 Å². The summed E-state index contributed by atoms with van der Waals surface area (Å²) in [5, 5.41) is 2.31. The van der Waals surface area contributed by atoms with Crippen LogP contribution >= 0.6 is 0 Å². The van der Waals surface area contributed by atoms with Crippen molar-refractivity contribution in [3.8, 4) is 51.0 Å². The summed E-state index contributed by atoms with van der Waals surface area (Å²) in [6.07, 6.45) is 0. The summed E-state index contributed by atoms with van der Waals surface area (Å²) < 4.78 is 16.7. The smallest absolute Gasteiger partial charge is 0.166 e. The first kappa shape index (κ1) is 26.7. The van der Waals surface area contributed by atoms with E-state index in [0.29, 0.717) is 17.5 Å². The SMILES string of the molecule is Cc1ccc2c3ccccc3n(-c3cc(-c4cccc(F)c4)ccc3-c3nc(-c4ccccc4)nc(-c4ccccc4)n3)c2c1. The first-order chi connectivity index (χ1) is 22.1. The van der Waals surface area contributed by atoms with Gasteiger partial charge in [0, 0.05) is 27.5 Å². The minimum absolute atomic E-state index is 0.275. The highest BCUT2D eigenvalue weighted by Crippen LogP contribution is 2.38. The Bertz CT molecular complexity index is 2290. The van der Waals surface area contributed by atoms with Crippen LogP contribution in [0, 0.1) is 12.7 Å². The zero-order valence-corrected chi connectivity index (χ0v) is 24.5. The Morgan fingerprint density at radius 2 is 1.07 bits per heavy atom. The molecule has 0 saturated heterocycles. The van der Waals surface area contributed by atoms with Crippen molar-refractivity contribution < 1.29 is 4.39 Å². The van der Waals surface area contributed by atoms with Crippen molar-refractivity contribution in [2.24, 2.45) is 0 Å². The quantitative estimate of drug-likeness (QED) is 0.203. The average Bonchev–Trinajstić information content (AvgIpc) is 3.42. The van der Waals surface area contributed by atoms with Crippen LogP contribution in [0.3, 0.4) is 0 Å². The molecular formula is C40H27FN4. The molecule has 0 aliphatic rings. The second-order valence-corrected chi connectivity index (χ2v) is 11.2. The summed E-state index contributed by atoms with van der Waals surface area (Å²) in [5.41, 5.74) is 8.55. The Kier molecular flexibility index (Phi) is 6.50. The number of halogens is 1. The highest BCUT2D eigenvalue weighted by Gasteiger charge is 2.20. The number of hydrogen-bond acceptors (Lipinski definition) is 3. The van der Waals surface area contributed by atoms with Gasteiger partial charge in [-0.25, -0.2) is 19.3 Å². The first-order valence-corrected chi connectivity index (χ1v) is 14.9. The molecular weight excluding hydrogens is 555 g/mol. The highest BCUT2D eigenvalue weighted by molar-refractivity contribution is 6.10. The standard InChI is InChI=1S/C40H27FN4/c1-26-19-21-33-32-17-8-9-18-35(32)45(36(33)23-26)37-25-30(29-15-10-16-31(41)24-29)20-22-34(37)40-43-38(27-11-4-2-5-12-27)42-39(44-40)28-13-6-3-7-14-28/h2-25H,1H3. The lowest BCUT2D eigenvalue weighted by Crippen LogP contribution is -2.04. The highest BCUT2D eigenvalue weighted by atomic mass is 19.1. The van der Waals surface area contributed by atoms with Gasteiger partial charge in [0.1, 0.15) is 5.82 Å². The predicted molar refractivity (Wildman–Crippen MR) is 181 cm³/mol. The molecule has 6 aromatic carbocycles. The lowest BCUT2D eigenvalue weighted by atomic mass is 10.0. The van der Waals surface area contributed by atoms with Gasteiger partial charge in [0.05, 0.1) is 16.7 Å². The second kappa shape index (κ2) is 11.0. The predicted octanol–water partition coefficient (Wildman–Crippen LogP) is 10.1. The van der Waals surface area contributed by atoms with E-state index in [-0.39, 0.29) is 5.82 Å². The third-order valence-electron chi connectivity index (χ3n) is 8.17. The molecule has 0 radical (unpaired) electrons. The number of para-hydroxylation sites is 1. The molecule has 2 aromatic heterocycles. The van der Waals surface area contributed by atoms with Gasteiger partial charge in [-0.15, -0.1) is 0 Å². The summed E-state index contributed by atoms with van der Waals surface area (Å²) in [7, 11) is 0. The van der Waals surface area contributed by atoms with Crippen LogP contribution in [-0.4, -0.2) is 19.5 Å². The molecule has 2 heterocycles. The summed E-state index contributed by atoms with van der Waals surface area (Å²) in [5.74, 6) is 1.47. The zero-order chi connectivity index (χ0) is 30.3. The lowest BCUT2D eigenvalue weighted by Gasteiger charge is -2.16. The summed E-state index contributed by atoms with van der Waals surface area (Å²) in [6, 6.07) is 47.8. The maximum Gasteiger partial charge on any atom is 0.166 e. The van der Waals surface area contributed by atoms with Crippen LogP contribution in [0.1, 0.15) is 5.56 Å². The largest absolute Gasteiger partial charge is 0.308 e. The van der Waals surface area contributed by atoms with Crippen molar-refractivity contribution in [3.63, 3.8) is 0 Å². The van der Waals surface area contributed by atoms with Gasteiger partial charge in [0.25, 0.3) is 0 Å². The number of fused-ring (bicyclic) bond motifs is 3. The number of nitrogens with zero attached hydrogens (tertiary/aromatic N) is 4. The molecule has 214 valence electrons. The Morgan fingerprint density at radius 3 is 1.78 bits per heavy atom. The van der Waals surface area contributed by atoms with Crippen LogP contribution in [0.5, 0.6) is 0 Å². The Hall–Kier alpha value is -5.94. The molecule has 0 spiro atoms. The van der Waals surface area contributed by atoms with Crippen molar-refractivity contribution >= 4 is 21.8 Å². The van der Waals surface area contributed by atoms with E-state index in [1.165, 1.54) is 6.07 Å². The fourth-order valence-corrected chi connectivity index (χ4v) is 6.02. The van der Waals surface area contributed by atoms with E-state index in [0.717, 1.165) is 60.9 Å². The number of aryl methyl sites for hydroxylation is 1. The molecule has 0 atom stereocenters. The van der Waals surface area contributed by atoms with E-state index in [9.17, 15) is 4.39 Å². The Labute approximate surface area is 260 Å². The Balaban J connectivity index is 1.46. The van der Waals surface area contributed by atoms with Gasteiger partial charge in [-0.05, 0) is 60.0 Å². The van der Waals surface area contributed by atoms with E-state index in [1.54, 1.807) is 12.1 Å². The molecule has 8 aromatic rings. The molecule has 0 aliphatic carbocycles. The van der Waals surface area contributed by atoms with E-state index in [2.05, 4.69) is 60.0 Å². The first-order valence-electron chi connectivity index (χ1n) is 14.9. The van der Waals surface area contributed by atoms with Crippen LogP contribution in [-0.2, 0) is 0 Å². The molecule has 0 aliphatic heterocycles. The van der Waals surface area contributed by atoms with Gasteiger partial charge in [-0.2, -0.15) is 0 Å². The van der Waals surface area contributed by atoms with Gasteiger partial charge in [-0.3, -0.25) is 0 Å². The van der Waals surface area contributed by atoms with Crippen LogP contribution in [0.15, 0.2) is 146 Å². The lowest BCUT2D eigenvalue weighted by molar-refractivity contribution is 0.628. The van der Waals surface area contributed by atoms with Crippen LogP contribution in [0.25, 0.3) is 72.8 Å². The van der Waals surface area contributed by atoms with Crippen molar-refractivity contribution in [1.82, 2.24) is 19.5 Å². The number of hydrogen-bond donors (Lipinski definition) is 0. The molecule has 0 saturated carbocycles. The van der Waals surface area contributed by atoms with E-state index >= 15 is 0 Å². The fourth-order valence-electron chi connectivity index (χ4n) is 6.02. The minimum atomic E-state index is -0.275. The molecule has 5 heteroatoms. The molecule has 45 heavy (non-hydrogen) atoms. The normalized spacial score (nSPS) is 11.3. The zero-order valence-electron chi connectivity index (χ0n) is 24.5. The molecule has 8 rings (SSSR count). The van der Waals surface area contributed by atoms with E-state index in [4.69, 9.17) is 15.0 Å². The summed E-state index contributed by atoms with van der Waals surface area (Å²) >= 11 is 0. The van der Waals surface area contributed by atoms with Crippen molar-refractivity contribution in [1.29, 1.82) is 0 Å². The molecule has 0 N–H and O–H groups in total. The van der Waals surface area contributed by atoms with Crippen LogP contribution < -0.4 is 0 Å². The topological polar surface area (TPSA) is 43.6 Å². The number of rotatable bonds is 5. The second-order valence-electron chi connectivity index (χ2n) is 11.2. The van der Waals surface area contributed by atoms with E-state index in [1.807, 2.05) is 78.9 Å². The van der Waals surface area contributed by atoms with E-state index < -0.39 is 0 Å². The van der Waals surface area contributed by atoms with Gasteiger partial charge in [0.2, 0.25) is 0 Å². The minimum Gasteiger partial charge on any atom is -0.308 e. The monoisotopic (exact) mass is 582 g/mol. The summed E-state index contributed by atoms with van der Waals surface area (Å²) in [6.45, 7) is 2.11. The molecule has 0 unspecified atom stereocenters. The van der Waals surface area contributed by atoms with Gasteiger partial charge >= 0.3 is 0 Å². The molecule has 0 fully saturated rings. The molecule has 4 nitrogen and oxygen atoms in total. The van der Waals surface area contributed by atoms with Gasteiger partial charge in [0.15, 0.2) is 17.5 Å². The maximum absolute atomic E-state index is 14.4. The third-order valence-corrected chi connectivity index (χ3v) is 8.17. The average molecular weight is 583 g/mol. The molecule has 0 amide bonds. The summed E-state index contributed by atoms with van der Waals surface area (Å²) in [4.78, 5) is 15.0. The number of benzene rings is 6. The molecule has 0 bridgehead atoms. The number of aromatic nitrogens is 4. The van der Waals surface area contributed by atoms with Crippen LogP contribution in [0.2, 0.25) is 0 Å².